The van der Waals surface area contributed by atoms with Gasteiger partial charge in [-0.1, -0.05) is 67.4 Å². The first kappa shape index (κ1) is 21.5. The first-order valence-corrected chi connectivity index (χ1v) is 11.1. The van der Waals surface area contributed by atoms with Crippen LogP contribution in [0.1, 0.15) is 70.4 Å². The van der Waals surface area contributed by atoms with E-state index in [1.54, 1.807) is 0 Å². The molecule has 2 aromatic rings. The van der Waals surface area contributed by atoms with Gasteiger partial charge in [-0.25, -0.2) is 0 Å². The molecule has 29 heavy (non-hydrogen) atoms. The highest BCUT2D eigenvalue weighted by Gasteiger charge is 2.14. The Morgan fingerprint density at radius 2 is 1.72 bits per heavy atom. The normalized spacial score (nSPS) is 16.2. The maximum Gasteiger partial charge on any atom is 0.0932 e. The van der Waals surface area contributed by atoms with E-state index in [-0.39, 0.29) is 6.10 Å². The number of hydrogen-bond acceptors (Lipinski definition) is 2. The first-order chi connectivity index (χ1) is 14.1. The summed E-state index contributed by atoms with van der Waals surface area (Å²) in [5.41, 5.74) is 9.02. The summed E-state index contributed by atoms with van der Waals surface area (Å²) in [5, 5.41) is 0. The molecule has 0 saturated heterocycles. The molecule has 2 nitrogen and oxygen atoms in total. The molecule has 0 aliphatic heterocycles. The highest BCUT2D eigenvalue weighted by atomic mass is 16.5. The van der Waals surface area contributed by atoms with Crippen molar-refractivity contribution < 1.29 is 4.74 Å². The summed E-state index contributed by atoms with van der Waals surface area (Å²) in [6.07, 6.45) is 7.03. The molecule has 0 radical (unpaired) electrons. The van der Waals surface area contributed by atoms with E-state index in [9.17, 15) is 0 Å². The summed E-state index contributed by atoms with van der Waals surface area (Å²) in [4.78, 5) is 5.05. The summed E-state index contributed by atoms with van der Waals surface area (Å²) < 4.78 is 6.24. The highest BCUT2D eigenvalue weighted by molar-refractivity contribution is 5.89. The van der Waals surface area contributed by atoms with Gasteiger partial charge >= 0.3 is 0 Å². The second kappa shape index (κ2) is 10.5. The van der Waals surface area contributed by atoms with Crippen molar-refractivity contribution in [2.24, 2.45) is 4.99 Å². The fraction of sp³-hybridized carbons (Fsp3) is 0.444. The third-order valence-corrected chi connectivity index (χ3v) is 5.87. The first-order valence-electron chi connectivity index (χ1n) is 11.1. The molecule has 0 aromatic heterocycles. The largest absolute Gasteiger partial charge is 0.368 e. The molecule has 1 aliphatic rings. The maximum atomic E-state index is 6.24. The monoisotopic (exact) mass is 389 g/mol. The van der Waals surface area contributed by atoms with Crippen LogP contribution in [0.3, 0.4) is 0 Å². The maximum absolute atomic E-state index is 6.24. The van der Waals surface area contributed by atoms with Gasteiger partial charge in [-0.3, -0.25) is 4.99 Å². The summed E-state index contributed by atoms with van der Waals surface area (Å²) in [6, 6.07) is 17.3. The zero-order chi connectivity index (χ0) is 20.6. The molecule has 3 rings (SSSR count). The smallest absolute Gasteiger partial charge is 0.0932 e. The molecule has 2 heteroatoms. The Labute approximate surface area is 176 Å². The number of aliphatic imine (C=N–C) groups is 1. The second-order valence-corrected chi connectivity index (χ2v) is 8.25. The third-order valence-electron chi connectivity index (χ3n) is 5.87. The van der Waals surface area contributed by atoms with E-state index in [4.69, 9.17) is 9.73 Å². The molecule has 0 saturated carbocycles. The van der Waals surface area contributed by atoms with Gasteiger partial charge in [0, 0.05) is 11.4 Å². The number of nitrogens with zero attached hydrogens (tertiary/aromatic N) is 1. The van der Waals surface area contributed by atoms with Gasteiger partial charge in [-0.2, -0.15) is 0 Å². The van der Waals surface area contributed by atoms with Crippen LogP contribution in [0.4, 0.5) is 0 Å². The zero-order valence-electron chi connectivity index (χ0n) is 18.5. The predicted molar refractivity (Wildman–Crippen MR) is 124 cm³/mol. The van der Waals surface area contributed by atoms with Crippen LogP contribution in [0.15, 0.2) is 64.8 Å². The number of benzene rings is 2. The Hall–Kier alpha value is -2.19. The average Bonchev–Trinajstić information content (AvgIpc) is 2.74. The number of aryl methyl sites for hydroxylation is 1. The van der Waals surface area contributed by atoms with Crippen LogP contribution in [0, 0.1) is 6.92 Å². The standard InChI is InChI=1S/C27H35NO/c1-5-10-27(28-26-14-9-7-12-21(26)3)22(4)29-19-23-15-17-24(18-16-23)25-13-8-6-11-20(25)2/h6,8,11,13,15-18,22H,5,7,9-10,12,14,19H2,1-4H3. The van der Waals surface area contributed by atoms with Crippen molar-refractivity contribution in [2.45, 2.75) is 78.9 Å². The second-order valence-electron chi connectivity index (χ2n) is 8.25. The minimum atomic E-state index is 0.0493. The Morgan fingerprint density at radius 3 is 2.41 bits per heavy atom. The van der Waals surface area contributed by atoms with Gasteiger partial charge in [0.1, 0.15) is 0 Å². The summed E-state index contributed by atoms with van der Waals surface area (Å²) in [5.74, 6) is 0. The third kappa shape index (κ3) is 5.90. The van der Waals surface area contributed by atoms with Gasteiger partial charge in [0.2, 0.25) is 0 Å². The van der Waals surface area contributed by atoms with Crippen LogP contribution < -0.4 is 0 Å². The van der Waals surface area contributed by atoms with Gasteiger partial charge in [-0.15, -0.1) is 0 Å². The van der Waals surface area contributed by atoms with Crippen molar-refractivity contribution in [1.29, 1.82) is 0 Å². The molecule has 1 aliphatic carbocycles. The quantitative estimate of drug-likeness (QED) is 0.425. The molecule has 1 unspecified atom stereocenters. The van der Waals surface area contributed by atoms with Crippen molar-refractivity contribution in [3.05, 3.63) is 70.9 Å². The molecule has 0 spiro atoms. The Balaban J connectivity index is 1.65. The fourth-order valence-corrected chi connectivity index (χ4v) is 3.97. The molecule has 2 aromatic carbocycles. The number of ether oxygens (including phenoxy) is 1. The Kier molecular flexibility index (Phi) is 7.83. The van der Waals surface area contributed by atoms with E-state index < -0.39 is 0 Å². The SMILES string of the molecule is CCCC(=NC1=C(C)CCCC1)C(C)OCc1ccc(-c2ccccc2C)cc1. The lowest BCUT2D eigenvalue weighted by Crippen LogP contribution is -2.21. The van der Waals surface area contributed by atoms with Crippen molar-refractivity contribution in [1.82, 2.24) is 0 Å². The Bertz CT molecular complexity index is 860. The fourth-order valence-electron chi connectivity index (χ4n) is 3.97. The lowest BCUT2D eigenvalue weighted by molar-refractivity contribution is 0.0947. The van der Waals surface area contributed by atoms with Crippen LogP contribution in [0.2, 0.25) is 0 Å². The van der Waals surface area contributed by atoms with Crippen LogP contribution >= 0.6 is 0 Å². The molecule has 0 heterocycles. The topological polar surface area (TPSA) is 21.6 Å². The summed E-state index contributed by atoms with van der Waals surface area (Å²) in [7, 11) is 0. The Morgan fingerprint density at radius 1 is 1.00 bits per heavy atom. The number of hydrogen-bond donors (Lipinski definition) is 0. The van der Waals surface area contributed by atoms with E-state index in [1.807, 2.05) is 0 Å². The molecule has 0 N–H and O–H groups in total. The van der Waals surface area contributed by atoms with E-state index >= 15 is 0 Å². The lowest BCUT2D eigenvalue weighted by atomic mass is 9.97. The van der Waals surface area contributed by atoms with Crippen LogP contribution in [0.25, 0.3) is 11.1 Å². The molecule has 0 fully saturated rings. The van der Waals surface area contributed by atoms with E-state index in [2.05, 4.69) is 76.2 Å². The van der Waals surface area contributed by atoms with Gasteiger partial charge in [0.05, 0.1) is 12.7 Å². The highest BCUT2D eigenvalue weighted by Crippen LogP contribution is 2.26. The number of rotatable bonds is 8. The average molecular weight is 390 g/mol. The minimum absolute atomic E-state index is 0.0493. The number of allylic oxidation sites excluding steroid dienone is 2. The van der Waals surface area contributed by atoms with Crippen molar-refractivity contribution in [2.75, 3.05) is 0 Å². The molecule has 0 bridgehead atoms. The summed E-state index contributed by atoms with van der Waals surface area (Å²) in [6.45, 7) is 9.38. The molecular formula is C27H35NO. The molecule has 154 valence electrons. The van der Waals surface area contributed by atoms with Crippen LogP contribution in [0.5, 0.6) is 0 Å². The molecular weight excluding hydrogens is 354 g/mol. The minimum Gasteiger partial charge on any atom is -0.368 e. The van der Waals surface area contributed by atoms with Gasteiger partial charge in [-0.05, 0) is 75.1 Å². The van der Waals surface area contributed by atoms with Crippen molar-refractivity contribution >= 4 is 5.71 Å². The van der Waals surface area contributed by atoms with Crippen molar-refractivity contribution in [3.8, 4) is 11.1 Å². The van der Waals surface area contributed by atoms with E-state index in [1.165, 1.54) is 58.5 Å². The lowest BCUT2D eigenvalue weighted by Gasteiger charge is -2.19. The van der Waals surface area contributed by atoms with E-state index in [0.717, 1.165) is 19.3 Å². The van der Waals surface area contributed by atoms with Crippen LogP contribution in [-0.2, 0) is 11.3 Å². The zero-order valence-corrected chi connectivity index (χ0v) is 18.5. The van der Waals surface area contributed by atoms with Gasteiger partial charge in [0.25, 0.3) is 0 Å². The predicted octanol–water partition coefficient (Wildman–Crippen LogP) is 7.66. The van der Waals surface area contributed by atoms with Crippen molar-refractivity contribution in [3.63, 3.8) is 0 Å². The van der Waals surface area contributed by atoms with Gasteiger partial charge in [0.15, 0.2) is 0 Å². The summed E-state index contributed by atoms with van der Waals surface area (Å²) >= 11 is 0. The van der Waals surface area contributed by atoms with Crippen LogP contribution in [-0.4, -0.2) is 11.8 Å². The van der Waals surface area contributed by atoms with E-state index in [0.29, 0.717) is 6.61 Å². The van der Waals surface area contributed by atoms with Gasteiger partial charge < -0.3 is 4.74 Å². The molecule has 0 amide bonds. The molecule has 1 atom stereocenters.